The lowest BCUT2D eigenvalue weighted by Crippen LogP contribution is -2.10. The van der Waals surface area contributed by atoms with Gasteiger partial charge < -0.3 is 9.47 Å². The van der Waals surface area contributed by atoms with Crippen LogP contribution in [0.5, 0.6) is 5.75 Å². The largest absolute Gasteiger partial charge is 0.489 e. The average Bonchev–Trinajstić information content (AvgIpc) is 3.31. The van der Waals surface area contributed by atoms with Gasteiger partial charge in [-0.25, -0.2) is 4.98 Å². The molecule has 0 spiro atoms. The maximum Gasteiger partial charge on any atom is 0.145 e. The molecule has 9 heteroatoms. The number of nitrogens with zero attached hydrogens (tertiary/aromatic N) is 5. The van der Waals surface area contributed by atoms with Crippen molar-refractivity contribution in [2.24, 2.45) is 7.05 Å². The summed E-state index contributed by atoms with van der Waals surface area (Å²) in [6, 6.07) is 5.79. The van der Waals surface area contributed by atoms with Crippen molar-refractivity contribution in [1.82, 2.24) is 29.9 Å². The second kappa shape index (κ2) is 8.76. The molecule has 8 nitrogen and oxygen atoms in total. The quantitative estimate of drug-likeness (QED) is 0.392. The number of aryl methyl sites for hydroxylation is 2. The molecular formula is C21H21BrN6O2. The first-order valence-corrected chi connectivity index (χ1v) is 10.2. The van der Waals surface area contributed by atoms with E-state index in [1.165, 1.54) is 0 Å². The number of halogens is 1. The molecule has 0 amide bonds. The van der Waals surface area contributed by atoms with Gasteiger partial charge in [-0.3, -0.25) is 14.8 Å². The molecule has 0 aliphatic rings. The molecule has 0 aromatic carbocycles. The van der Waals surface area contributed by atoms with Gasteiger partial charge in [0.25, 0.3) is 0 Å². The van der Waals surface area contributed by atoms with Gasteiger partial charge in [0.05, 0.1) is 37.0 Å². The van der Waals surface area contributed by atoms with E-state index in [2.05, 4.69) is 47.8 Å². The summed E-state index contributed by atoms with van der Waals surface area (Å²) in [6.07, 6.45) is 5.23. The van der Waals surface area contributed by atoms with Gasteiger partial charge in [-0.15, -0.1) is 0 Å². The second-order valence-corrected chi connectivity index (χ2v) is 7.49. The number of fused-ring (bicyclic) bond motifs is 1. The molecule has 4 heterocycles. The molecule has 154 valence electrons. The number of hydrogen-bond donors (Lipinski definition) is 1. The SMILES string of the molecule is C=Cc1nc(C)ccc1OCCOCc1c(-c2cc3c(Br)[nH]nc3cn2)cnn1C. The Labute approximate surface area is 182 Å². The third kappa shape index (κ3) is 4.12. The van der Waals surface area contributed by atoms with Crippen LogP contribution in [0.4, 0.5) is 0 Å². The van der Waals surface area contributed by atoms with Gasteiger partial charge in [0.1, 0.15) is 28.2 Å². The number of rotatable bonds is 8. The van der Waals surface area contributed by atoms with Crippen LogP contribution in [-0.2, 0) is 18.4 Å². The maximum absolute atomic E-state index is 5.85. The van der Waals surface area contributed by atoms with Crippen LogP contribution in [0.3, 0.4) is 0 Å². The zero-order valence-corrected chi connectivity index (χ0v) is 18.3. The minimum absolute atomic E-state index is 0.391. The molecule has 1 N–H and O–H groups in total. The van der Waals surface area contributed by atoms with Gasteiger partial charge >= 0.3 is 0 Å². The number of H-pyrrole nitrogens is 1. The van der Waals surface area contributed by atoms with E-state index in [1.54, 1.807) is 23.2 Å². The van der Waals surface area contributed by atoms with E-state index in [0.29, 0.717) is 25.6 Å². The topological polar surface area (TPSA) is 90.7 Å². The van der Waals surface area contributed by atoms with E-state index in [-0.39, 0.29) is 0 Å². The first-order valence-electron chi connectivity index (χ1n) is 9.38. The van der Waals surface area contributed by atoms with Crippen molar-refractivity contribution in [2.45, 2.75) is 13.5 Å². The summed E-state index contributed by atoms with van der Waals surface area (Å²) in [5.74, 6) is 0.698. The van der Waals surface area contributed by atoms with Crippen LogP contribution in [0.25, 0.3) is 28.2 Å². The molecular weight excluding hydrogens is 448 g/mol. The number of pyridine rings is 2. The zero-order valence-electron chi connectivity index (χ0n) is 16.7. The van der Waals surface area contributed by atoms with Gasteiger partial charge in [-0.2, -0.15) is 10.2 Å². The number of aromatic amines is 1. The van der Waals surface area contributed by atoms with Crippen LogP contribution in [-0.4, -0.2) is 43.2 Å². The highest BCUT2D eigenvalue weighted by Crippen LogP contribution is 2.28. The second-order valence-electron chi connectivity index (χ2n) is 6.69. The molecule has 0 fully saturated rings. The highest BCUT2D eigenvalue weighted by atomic mass is 79.9. The normalized spacial score (nSPS) is 11.2. The highest BCUT2D eigenvalue weighted by molar-refractivity contribution is 9.10. The van der Waals surface area contributed by atoms with Crippen molar-refractivity contribution < 1.29 is 9.47 Å². The summed E-state index contributed by atoms with van der Waals surface area (Å²) in [7, 11) is 1.89. The predicted octanol–water partition coefficient (Wildman–Crippen LogP) is 4.06. The minimum Gasteiger partial charge on any atom is -0.489 e. The van der Waals surface area contributed by atoms with Crippen molar-refractivity contribution >= 4 is 32.9 Å². The number of hydrogen-bond acceptors (Lipinski definition) is 6. The maximum atomic E-state index is 5.85. The van der Waals surface area contributed by atoms with Gasteiger partial charge in [0, 0.05) is 23.7 Å². The van der Waals surface area contributed by atoms with Gasteiger partial charge in [-0.1, -0.05) is 6.58 Å². The Morgan fingerprint density at radius 1 is 1.27 bits per heavy atom. The van der Waals surface area contributed by atoms with Crippen molar-refractivity contribution in [1.29, 1.82) is 0 Å². The van der Waals surface area contributed by atoms with Crippen molar-refractivity contribution in [3.8, 4) is 17.0 Å². The standard InChI is InChI=1S/C21H21BrN6O2/c1-4-16-20(6-5-13(2)25-16)30-8-7-29-12-19-15(10-24-28(19)3)17-9-14-18(11-23-17)26-27-21(14)22/h4-6,9-11H,1,7-8,12H2,2-3H3,(H,26,27). The first kappa shape index (κ1) is 20.2. The lowest BCUT2D eigenvalue weighted by molar-refractivity contribution is 0.0851. The molecule has 4 rings (SSSR count). The van der Waals surface area contributed by atoms with Gasteiger partial charge in [0.2, 0.25) is 0 Å². The summed E-state index contributed by atoms with van der Waals surface area (Å²) in [4.78, 5) is 8.92. The Balaban J connectivity index is 1.40. The monoisotopic (exact) mass is 468 g/mol. The lowest BCUT2D eigenvalue weighted by Gasteiger charge is -2.11. The summed E-state index contributed by atoms with van der Waals surface area (Å²) >= 11 is 3.47. The predicted molar refractivity (Wildman–Crippen MR) is 118 cm³/mol. The third-order valence-electron chi connectivity index (χ3n) is 4.67. The van der Waals surface area contributed by atoms with Gasteiger partial charge in [0.15, 0.2) is 0 Å². The third-order valence-corrected chi connectivity index (χ3v) is 5.28. The van der Waals surface area contributed by atoms with Crippen LogP contribution < -0.4 is 4.74 Å². The fourth-order valence-corrected chi connectivity index (χ4v) is 3.50. The number of aromatic nitrogens is 6. The molecule has 0 saturated carbocycles. The fraction of sp³-hybridized carbons (Fsp3) is 0.238. The molecule has 4 aromatic heterocycles. The van der Waals surface area contributed by atoms with Crippen LogP contribution in [0.1, 0.15) is 17.1 Å². The molecule has 0 aliphatic heterocycles. The van der Waals surface area contributed by atoms with Crippen molar-refractivity contribution in [2.75, 3.05) is 13.2 Å². The van der Waals surface area contributed by atoms with E-state index in [4.69, 9.17) is 9.47 Å². The zero-order chi connectivity index (χ0) is 21.1. The average molecular weight is 469 g/mol. The Hall–Kier alpha value is -3.04. The van der Waals surface area contributed by atoms with Gasteiger partial charge in [-0.05, 0) is 47.1 Å². The van der Waals surface area contributed by atoms with Crippen molar-refractivity contribution in [3.63, 3.8) is 0 Å². The summed E-state index contributed by atoms with van der Waals surface area (Å²) in [5.41, 5.74) is 5.13. The number of ether oxygens (including phenoxy) is 2. The first-order chi connectivity index (χ1) is 14.6. The van der Waals surface area contributed by atoms with Crippen LogP contribution in [0.2, 0.25) is 0 Å². The molecule has 0 saturated heterocycles. The minimum atomic E-state index is 0.391. The van der Waals surface area contributed by atoms with Crippen LogP contribution >= 0.6 is 15.9 Å². The molecule has 4 aromatic rings. The van der Waals surface area contributed by atoms with E-state index in [1.807, 2.05) is 32.2 Å². The van der Waals surface area contributed by atoms with E-state index in [0.717, 1.165) is 43.8 Å². The molecule has 30 heavy (non-hydrogen) atoms. The summed E-state index contributed by atoms with van der Waals surface area (Å²) in [5, 5.41) is 12.4. The van der Waals surface area contributed by atoms with E-state index >= 15 is 0 Å². The lowest BCUT2D eigenvalue weighted by atomic mass is 10.1. The molecule has 0 bridgehead atoms. The Bertz CT molecular complexity index is 1200. The smallest absolute Gasteiger partial charge is 0.145 e. The highest BCUT2D eigenvalue weighted by Gasteiger charge is 2.14. The molecule has 0 atom stereocenters. The molecule has 0 unspecified atom stereocenters. The fourth-order valence-electron chi connectivity index (χ4n) is 3.09. The van der Waals surface area contributed by atoms with E-state index in [9.17, 15) is 0 Å². The molecule has 0 radical (unpaired) electrons. The van der Waals surface area contributed by atoms with Crippen molar-refractivity contribution in [3.05, 3.63) is 58.9 Å². The van der Waals surface area contributed by atoms with Crippen LogP contribution in [0.15, 0.2) is 41.8 Å². The Morgan fingerprint density at radius 2 is 2.13 bits per heavy atom. The Kier molecular flexibility index (Phi) is 5.91. The van der Waals surface area contributed by atoms with Crippen LogP contribution in [0, 0.1) is 6.92 Å². The summed E-state index contributed by atoms with van der Waals surface area (Å²) < 4.78 is 14.3. The summed E-state index contributed by atoms with van der Waals surface area (Å²) in [6.45, 7) is 6.94. The molecule has 0 aliphatic carbocycles. The van der Waals surface area contributed by atoms with E-state index < -0.39 is 0 Å². The number of nitrogens with one attached hydrogen (secondary N) is 1. The Morgan fingerprint density at radius 3 is 2.97 bits per heavy atom.